The lowest BCUT2D eigenvalue weighted by atomic mass is 9.94. The Morgan fingerprint density at radius 3 is 1.79 bits per heavy atom. The molecule has 42 heavy (non-hydrogen) atoms. The number of nitrogens with one attached hydrogen (secondary N) is 2. The third kappa shape index (κ3) is 9.26. The summed E-state index contributed by atoms with van der Waals surface area (Å²) in [6.07, 6.45) is -9.77. The van der Waals surface area contributed by atoms with Gasteiger partial charge >= 0.3 is 12.1 Å². The minimum atomic E-state index is -5.26. The molecule has 1 heterocycles. The van der Waals surface area contributed by atoms with Gasteiger partial charge in [0.25, 0.3) is 3.79 Å². The highest BCUT2D eigenvalue weighted by molar-refractivity contribution is 6.76. The first-order valence-corrected chi connectivity index (χ1v) is 13.7. The number of ether oxygens (including phenoxy) is 6. The molecular formula is C27H30Cl3F3N2O7. The molecule has 1 amide bonds. The lowest BCUT2D eigenvalue weighted by Crippen LogP contribution is -2.66. The molecule has 3 unspecified atom stereocenters. The van der Waals surface area contributed by atoms with Gasteiger partial charge in [-0.15, -0.1) is 0 Å². The van der Waals surface area contributed by atoms with Gasteiger partial charge < -0.3 is 33.7 Å². The predicted molar refractivity (Wildman–Crippen MR) is 149 cm³/mol. The molecule has 1 aliphatic heterocycles. The molecule has 0 saturated carbocycles. The van der Waals surface area contributed by atoms with Crippen molar-refractivity contribution in [1.29, 1.82) is 5.41 Å². The quantitative estimate of drug-likeness (QED) is 0.181. The third-order valence-electron chi connectivity index (χ3n) is 6.30. The van der Waals surface area contributed by atoms with Crippen LogP contribution in [0.15, 0.2) is 48.5 Å². The number of amides is 1. The van der Waals surface area contributed by atoms with Crippen LogP contribution in [0, 0.1) is 5.41 Å². The fourth-order valence-corrected chi connectivity index (χ4v) is 4.26. The zero-order chi connectivity index (χ0) is 31.1. The molecule has 2 N–H and O–H groups in total. The van der Waals surface area contributed by atoms with Crippen molar-refractivity contribution in [1.82, 2.24) is 5.32 Å². The van der Waals surface area contributed by atoms with Crippen LogP contribution in [-0.4, -0.2) is 66.6 Å². The fraction of sp³-hybridized carbons (Fsp3) is 0.481. The van der Waals surface area contributed by atoms with Gasteiger partial charge in [0, 0.05) is 0 Å². The number of carbonyl (C=O) groups excluding carboxylic acids is 1. The van der Waals surface area contributed by atoms with E-state index >= 15 is 0 Å². The van der Waals surface area contributed by atoms with E-state index in [1.165, 1.54) is 14.2 Å². The Labute approximate surface area is 255 Å². The van der Waals surface area contributed by atoms with Crippen LogP contribution in [0.2, 0.25) is 0 Å². The summed E-state index contributed by atoms with van der Waals surface area (Å²) in [5.41, 5.74) is 1.38. The molecule has 0 aliphatic carbocycles. The van der Waals surface area contributed by atoms with Crippen molar-refractivity contribution in [3.63, 3.8) is 0 Å². The highest BCUT2D eigenvalue weighted by atomic mass is 35.6. The Morgan fingerprint density at radius 2 is 1.38 bits per heavy atom. The van der Waals surface area contributed by atoms with E-state index in [0.29, 0.717) is 17.1 Å². The molecule has 0 spiro atoms. The minimum absolute atomic E-state index is 0.0202. The second-order valence-electron chi connectivity index (χ2n) is 9.14. The van der Waals surface area contributed by atoms with Crippen LogP contribution in [0.4, 0.5) is 13.2 Å². The van der Waals surface area contributed by atoms with Gasteiger partial charge in [-0.3, -0.25) is 10.2 Å². The number of rotatable bonds is 11. The first kappa shape index (κ1) is 34.0. The molecule has 1 fully saturated rings. The first-order chi connectivity index (χ1) is 19.8. The minimum Gasteiger partial charge on any atom is -0.497 e. The van der Waals surface area contributed by atoms with Gasteiger partial charge in [-0.05, 0) is 41.8 Å². The van der Waals surface area contributed by atoms with Crippen molar-refractivity contribution >= 4 is 46.6 Å². The summed E-state index contributed by atoms with van der Waals surface area (Å²) in [6.45, 7) is 1.67. The average Bonchev–Trinajstić information content (AvgIpc) is 2.95. The van der Waals surface area contributed by atoms with Crippen LogP contribution >= 0.6 is 34.8 Å². The Balaban J connectivity index is 1.98. The molecule has 0 aromatic heterocycles. The second-order valence-corrected chi connectivity index (χ2v) is 11.4. The molecule has 1 aliphatic rings. The van der Waals surface area contributed by atoms with Crippen LogP contribution in [0.1, 0.15) is 24.5 Å². The summed E-state index contributed by atoms with van der Waals surface area (Å²) in [6, 6.07) is 12.1. The highest BCUT2D eigenvalue weighted by Crippen LogP contribution is 2.34. The fourth-order valence-electron chi connectivity index (χ4n) is 4.13. The maximum atomic E-state index is 13.4. The van der Waals surface area contributed by atoms with E-state index in [0.717, 1.165) is 5.56 Å². The average molecular weight is 658 g/mol. The molecular weight excluding hydrogens is 628 g/mol. The maximum Gasteiger partial charge on any atom is 0.471 e. The first-order valence-electron chi connectivity index (χ1n) is 12.6. The van der Waals surface area contributed by atoms with E-state index in [-0.39, 0.29) is 19.6 Å². The summed E-state index contributed by atoms with van der Waals surface area (Å²) in [4.78, 5) is 12.1. The molecule has 15 heteroatoms. The van der Waals surface area contributed by atoms with Gasteiger partial charge in [-0.2, -0.15) is 13.2 Å². The number of benzene rings is 2. The Morgan fingerprint density at radius 1 is 0.905 bits per heavy atom. The number of alkyl halides is 6. The van der Waals surface area contributed by atoms with E-state index < -0.39 is 52.4 Å². The summed E-state index contributed by atoms with van der Waals surface area (Å²) < 4.78 is 71.8. The number of hydrogen-bond acceptors (Lipinski definition) is 8. The Bertz CT molecular complexity index is 1180. The lowest BCUT2D eigenvalue weighted by Gasteiger charge is -2.46. The second kappa shape index (κ2) is 14.8. The molecule has 2 aromatic carbocycles. The molecule has 2 aromatic rings. The van der Waals surface area contributed by atoms with Gasteiger partial charge in [0.1, 0.15) is 29.7 Å². The molecule has 0 bridgehead atoms. The highest BCUT2D eigenvalue weighted by Gasteiger charge is 2.52. The monoisotopic (exact) mass is 656 g/mol. The van der Waals surface area contributed by atoms with Crippen LogP contribution in [-0.2, 0) is 37.0 Å². The molecule has 5 atom stereocenters. The maximum absolute atomic E-state index is 13.4. The predicted octanol–water partition coefficient (Wildman–Crippen LogP) is 5.72. The van der Waals surface area contributed by atoms with Crippen LogP contribution in [0.3, 0.4) is 0 Å². The molecule has 9 nitrogen and oxygen atoms in total. The number of halogens is 6. The SMILES string of the molecule is CCC1OC(OC(=N)C(Cl)(Cl)Cl)C(NC(=O)C(F)(F)F)[C@@H](OCc2ccc(OC)cc2)[C@@H]1OCc1ccc(OC)cc1. The summed E-state index contributed by atoms with van der Waals surface area (Å²) >= 11 is 17.3. The molecule has 232 valence electrons. The summed E-state index contributed by atoms with van der Waals surface area (Å²) in [7, 11) is 3.03. The lowest BCUT2D eigenvalue weighted by molar-refractivity contribution is -0.267. The van der Waals surface area contributed by atoms with Gasteiger partial charge in [-0.25, -0.2) is 0 Å². The smallest absolute Gasteiger partial charge is 0.471 e. The number of hydrogen-bond donors (Lipinski definition) is 2. The molecule has 0 radical (unpaired) electrons. The summed E-state index contributed by atoms with van der Waals surface area (Å²) in [5, 5.41) is 9.86. The van der Waals surface area contributed by atoms with Crippen molar-refractivity contribution in [2.75, 3.05) is 14.2 Å². The van der Waals surface area contributed by atoms with Gasteiger partial charge in [0.2, 0.25) is 12.2 Å². The zero-order valence-corrected chi connectivity index (χ0v) is 25.0. The normalized spacial score (nSPS) is 22.7. The molecule has 3 rings (SSSR count). The third-order valence-corrected chi connectivity index (χ3v) is 6.81. The van der Waals surface area contributed by atoms with E-state index in [4.69, 9.17) is 68.6 Å². The topological polar surface area (TPSA) is 108 Å². The van der Waals surface area contributed by atoms with Crippen LogP contribution in [0.25, 0.3) is 0 Å². The van der Waals surface area contributed by atoms with E-state index in [1.54, 1.807) is 55.5 Å². The number of methoxy groups -OCH3 is 2. The van der Waals surface area contributed by atoms with Crippen molar-refractivity contribution in [3.8, 4) is 11.5 Å². The number of carbonyl (C=O) groups is 1. The van der Waals surface area contributed by atoms with Crippen LogP contribution in [0.5, 0.6) is 11.5 Å². The standard InChI is InChI=1S/C27H30Cl3F3N2O7/c1-4-19-21(39-13-15-5-9-17(37-2)10-6-15)22(40-14-16-7-11-18(38-3)12-8-16)20(35-25(36)27(31,32)33)23(41-19)42-24(34)26(28,29)30/h5-12,19-23,34H,4,13-14H2,1-3H3,(H,35,36)/t19?,20?,21-,22-,23?/m1/s1. The summed E-state index contributed by atoms with van der Waals surface area (Å²) in [5.74, 6) is -2.00. The van der Waals surface area contributed by atoms with Gasteiger partial charge in [0.05, 0.1) is 33.5 Å². The van der Waals surface area contributed by atoms with E-state index in [1.807, 2.05) is 5.32 Å². The van der Waals surface area contributed by atoms with Gasteiger partial charge in [-0.1, -0.05) is 66.0 Å². The van der Waals surface area contributed by atoms with Crippen molar-refractivity contribution in [2.24, 2.45) is 0 Å². The van der Waals surface area contributed by atoms with Crippen molar-refractivity contribution in [2.45, 2.75) is 67.2 Å². The van der Waals surface area contributed by atoms with E-state index in [9.17, 15) is 18.0 Å². The van der Waals surface area contributed by atoms with Crippen LogP contribution < -0.4 is 14.8 Å². The van der Waals surface area contributed by atoms with E-state index in [2.05, 4.69) is 0 Å². The Hall–Kier alpha value is -2.48. The van der Waals surface area contributed by atoms with Gasteiger partial charge in [0.15, 0.2) is 0 Å². The van der Waals surface area contributed by atoms with Crippen molar-refractivity contribution in [3.05, 3.63) is 59.7 Å². The largest absolute Gasteiger partial charge is 0.497 e. The Kier molecular flexibility index (Phi) is 12.0. The molecule has 1 saturated heterocycles. The zero-order valence-electron chi connectivity index (χ0n) is 22.8. The van der Waals surface area contributed by atoms with Crippen molar-refractivity contribution < 1.29 is 46.4 Å².